The predicted molar refractivity (Wildman–Crippen MR) is 103 cm³/mol. The van der Waals surface area contributed by atoms with Gasteiger partial charge in [0, 0.05) is 32.1 Å². The molecule has 0 aliphatic carbocycles. The van der Waals surface area contributed by atoms with Crippen LogP contribution in [0.25, 0.3) is 0 Å². The molecule has 144 valence electrons. The van der Waals surface area contributed by atoms with Crippen LogP contribution in [-0.2, 0) is 9.59 Å². The van der Waals surface area contributed by atoms with Crippen molar-refractivity contribution in [1.29, 1.82) is 0 Å². The maximum absolute atomic E-state index is 12.5. The number of nitrogens with one attached hydrogen (secondary N) is 1. The molecule has 2 fully saturated rings. The Kier molecular flexibility index (Phi) is 7.29. The van der Waals surface area contributed by atoms with Gasteiger partial charge in [0.2, 0.25) is 5.91 Å². The van der Waals surface area contributed by atoms with Crippen LogP contribution in [0.1, 0.15) is 12.5 Å². The van der Waals surface area contributed by atoms with E-state index in [0.29, 0.717) is 37.8 Å². The zero-order valence-electron chi connectivity index (χ0n) is 15.4. The smallest absolute Gasteiger partial charge is 0.260 e. The van der Waals surface area contributed by atoms with Crippen LogP contribution >= 0.6 is 12.4 Å². The lowest BCUT2D eigenvalue weighted by Crippen LogP contribution is -2.55. The Labute approximate surface area is 161 Å². The topological polar surface area (TPSA) is 61.9 Å². The van der Waals surface area contributed by atoms with Crippen LogP contribution in [0.3, 0.4) is 0 Å². The van der Waals surface area contributed by atoms with E-state index in [1.165, 1.54) is 0 Å². The zero-order chi connectivity index (χ0) is 17.8. The number of carbonyl (C=O) groups excluding carboxylic acids is 2. The Morgan fingerprint density at radius 1 is 1.12 bits per heavy atom. The fourth-order valence-corrected chi connectivity index (χ4v) is 3.20. The first-order valence-electron chi connectivity index (χ1n) is 9.01. The molecule has 0 bridgehead atoms. The second kappa shape index (κ2) is 9.24. The van der Waals surface area contributed by atoms with Crippen LogP contribution in [0, 0.1) is 18.8 Å². The number of rotatable bonds is 5. The van der Waals surface area contributed by atoms with Gasteiger partial charge in [-0.25, -0.2) is 0 Å². The number of ether oxygens (including phenoxy) is 1. The van der Waals surface area contributed by atoms with Gasteiger partial charge in [-0.15, -0.1) is 12.4 Å². The molecule has 1 N–H and O–H groups in total. The van der Waals surface area contributed by atoms with Gasteiger partial charge in [-0.05, 0) is 38.1 Å². The SMILES string of the molecule is Cc1ccc(OCC(=O)N2CCN(C(=O)C(C)C3CNC3)CC2)cc1.Cl. The van der Waals surface area contributed by atoms with Crippen molar-refractivity contribution in [3.8, 4) is 5.75 Å². The third-order valence-corrected chi connectivity index (χ3v) is 5.24. The summed E-state index contributed by atoms with van der Waals surface area (Å²) in [5.74, 6) is 1.41. The molecule has 26 heavy (non-hydrogen) atoms. The van der Waals surface area contributed by atoms with E-state index in [-0.39, 0.29) is 36.7 Å². The summed E-state index contributed by atoms with van der Waals surface area (Å²) in [6.07, 6.45) is 0. The normalized spacial score (nSPS) is 18.5. The lowest BCUT2D eigenvalue weighted by Gasteiger charge is -2.39. The molecule has 2 aliphatic rings. The first-order valence-corrected chi connectivity index (χ1v) is 9.01. The van der Waals surface area contributed by atoms with E-state index in [1.807, 2.05) is 43.0 Å². The monoisotopic (exact) mass is 381 g/mol. The van der Waals surface area contributed by atoms with Gasteiger partial charge in [0.25, 0.3) is 5.91 Å². The summed E-state index contributed by atoms with van der Waals surface area (Å²) in [7, 11) is 0. The Morgan fingerprint density at radius 3 is 2.23 bits per heavy atom. The van der Waals surface area contributed by atoms with E-state index in [2.05, 4.69) is 5.32 Å². The number of carbonyl (C=O) groups is 2. The quantitative estimate of drug-likeness (QED) is 0.835. The molecular formula is C19H28ClN3O3. The van der Waals surface area contributed by atoms with Crippen LogP contribution in [0.15, 0.2) is 24.3 Å². The number of benzene rings is 1. The second-order valence-electron chi connectivity index (χ2n) is 7.01. The summed E-state index contributed by atoms with van der Waals surface area (Å²) in [5, 5.41) is 3.21. The van der Waals surface area contributed by atoms with Gasteiger partial charge in [-0.3, -0.25) is 9.59 Å². The average molecular weight is 382 g/mol. The van der Waals surface area contributed by atoms with Crippen molar-refractivity contribution in [1.82, 2.24) is 15.1 Å². The fraction of sp³-hybridized carbons (Fsp3) is 0.579. The average Bonchev–Trinajstić information content (AvgIpc) is 2.59. The highest BCUT2D eigenvalue weighted by molar-refractivity contribution is 5.85. The molecule has 1 aromatic rings. The Balaban J connectivity index is 0.00000243. The predicted octanol–water partition coefficient (Wildman–Crippen LogP) is 1.32. The van der Waals surface area contributed by atoms with E-state index in [1.54, 1.807) is 4.90 Å². The van der Waals surface area contributed by atoms with Gasteiger partial charge in [-0.2, -0.15) is 0 Å². The van der Waals surface area contributed by atoms with E-state index < -0.39 is 0 Å². The molecule has 2 amide bonds. The Morgan fingerprint density at radius 2 is 1.69 bits per heavy atom. The minimum atomic E-state index is -0.0242. The van der Waals surface area contributed by atoms with Crippen molar-refractivity contribution in [3.63, 3.8) is 0 Å². The first-order chi connectivity index (χ1) is 12.0. The summed E-state index contributed by atoms with van der Waals surface area (Å²) in [6, 6.07) is 7.66. The molecule has 1 atom stereocenters. The van der Waals surface area contributed by atoms with Gasteiger partial charge in [0.05, 0.1) is 0 Å². The van der Waals surface area contributed by atoms with Crippen molar-refractivity contribution in [3.05, 3.63) is 29.8 Å². The summed E-state index contributed by atoms with van der Waals surface area (Å²) in [5.41, 5.74) is 1.16. The molecule has 7 heteroatoms. The number of halogens is 1. The van der Waals surface area contributed by atoms with E-state index >= 15 is 0 Å². The van der Waals surface area contributed by atoms with Crippen molar-refractivity contribution < 1.29 is 14.3 Å². The first kappa shape index (κ1) is 20.5. The van der Waals surface area contributed by atoms with Crippen molar-refractivity contribution in [2.75, 3.05) is 45.9 Å². The lowest BCUT2D eigenvalue weighted by molar-refractivity contribution is -0.144. The number of amides is 2. The van der Waals surface area contributed by atoms with Crippen LogP contribution in [0.2, 0.25) is 0 Å². The van der Waals surface area contributed by atoms with Crippen LogP contribution in [0.5, 0.6) is 5.75 Å². The van der Waals surface area contributed by atoms with Gasteiger partial charge in [-0.1, -0.05) is 24.6 Å². The van der Waals surface area contributed by atoms with Gasteiger partial charge < -0.3 is 19.9 Å². The summed E-state index contributed by atoms with van der Waals surface area (Å²) < 4.78 is 5.56. The number of nitrogens with zero attached hydrogens (tertiary/aromatic N) is 2. The van der Waals surface area contributed by atoms with Gasteiger partial charge in [0.15, 0.2) is 6.61 Å². The molecular weight excluding hydrogens is 354 g/mol. The number of piperazine rings is 1. The number of aryl methyl sites for hydroxylation is 1. The second-order valence-corrected chi connectivity index (χ2v) is 7.01. The molecule has 3 rings (SSSR count). The molecule has 0 spiro atoms. The van der Waals surface area contributed by atoms with Crippen LogP contribution < -0.4 is 10.1 Å². The molecule has 0 saturated carbocycles. The Hall–Kier alpha value is -1.79. The van der Waals surface area contributed by atoms with Gasteiger partial charge >= 0.3 is 0 Å². The van der Waals surface area contributed by atoms with E-state index in [4.69, 9.17) is 4.74 Å². The molecule has 0 radical (unpaired) electrons. The maximum atomic E-state index is 12.5. The minimum Gasteiger partial charge on any atom is -0.484 e. The third kappa shape index (κ3) is 4.89. The maximum Gasteiger partial charge on any atom is 0.260 e. The number of hydrogen-bond donors (Lipinski definition) is 1. The van der Waals surface area contributed by atoms with Crippen molar-refractivity contribution in [2.45, 2.75) is 13.8 Å². The molecule has 1 unspecified atom stereocenters. The lowest BCUT2D eigenvalue weighted by atomic mass is 9.88. The largest absolute Gasteiger partial charge is 0.484 e. The molecule has 6 nitrogen and oxygen atoms in total. The van der Waals surface area contributed by atoms with E-state index in [0.717, 1.165) is 18.7 Å². The molecule has 2 saturated heterocycles. The highest BCUT2D eigenvalue weighted by Crippen LogP contribution is 2.19. The zero-order valence-corrected chi connectivity index (χ0v) is 16.3. The molecule has 0 aromatic heterocycles. The fourth-order valence-electron chi connectivity index (χ4n) is 3.20. The summed E-state index contributed by atoms with van der Waals surface area (Å²) in [6.45, 7) is 8.32. The molecule has 2 heterocycles. The van der Waals surface area contributed by atoms with Crippen LogP contribution in [-0.4, -0.2) is 67.5 Å². The Bertz CT molecular complexity index is 611. The molecule has 1 aromatic carbocycles. The summed E-state index contributed by atoms with van der Waals surface area (Å²) >= 11 is 0. The summed E-state index contributed by atoms with van der Waals surface area (Å²) in [4.78, 5) is 28.5. The standard InChI is InChI=1S/C19H27N3O3.ClH/c1-14-3-5-17(6-4-14)25-13-18(23)21-7-9-22(10-8-21)19(24)15(2)16-11-20-12-16;/h3-6,15-16,20H,7-13H2,1-2H3;1H. The molecule has 2 aliphatic heterocycles. The highest BCUT2D eigenvalue weighted by Gasteiger charge is 2.33. The van der Waals surface area contributed by atoms with Crippen LogP contribution in [0.4, 0.5) is 0 Å². The van der Waals surface area contributed by atoms with Crippen molar-refractivity contribution >= 4 is 24.2 Å². The van der Waals surface area contributed by atoms with Gasteiger partial charge in [0.1, 0.15) is 5.75 Å². The van der Waals surface area contributed by atoms with E-state index in [9.17, 15) is 9.59 Å². The third-order valence-electron chi connectivity index (χ3n) is 5.24. The van der Waals surface area contributed by atoms with Crippen molar-refractivity contribution in [2.24, 2.45) is 11.8 Å². The highest BCUT2D eigenvalue weighted by atomic mass is 35.5. The minimum absolute atomic E-state index is 0. The number of hydrogen-bond acceptors (Lipinski definition) is 4.